The molecule has 0 aliphatic carbocycles. The highest BCUT2D eigenvalue weighted by Crippen LogP contribution is 2.14. The van der Waals surface area contributed by atoms with Crippen LogP contribution in [-0.4, -0.2) is 26.8 Å². The number of hydrogen-bond donors (Lipinski definition) is 1. The second kappa shape index (κ2) is 8.35. The molecule has 0 fully saturated rings. The van der Waals surface area contributed by atoms with E-state index in [4.69, 9.17) is 4.52 Å². The number of carbonyl (C=O) groups excluding carboxylic acids is 2. The van der Waals surface area contributed by atoms with Gasteiger partial charge in [-0.25, -0.2) is 0 Å². The molecular formula is C20H20N4O3. The van der Waals surface area contributed by atoms with Gasteiger partial charge in [0.15, 0.2) is 5.78 Å². The molecule has 1 aromatic carbocycles. The largest absolute Gasteiger partial charge is 0.347 e. The molecule has 0 saturated carbocycles. The minimum Gasteiger partial charge on any atom is -0.347 e. The summed E-state index contributed by atoms with van der Waals surface area (Å²) in [5.74, 6) is 0.448. The van der Waals surface area contributed by atoms with Crippen molar-refractivity contribution in [2.24, 2.45) is 0 Å². The van der Waals surface area contributed by atoms with Crippen LogP contribution in [0.25, 0.3) is 11.4 Å². The van der Waals surface area contributed by atoms with Gasteiger partial charge < -0.3 is 9.84 Å². The maximum atomic E-state index is 12.2. The number of rotatable bonds is 7. The molecule has 0 aliphatic rings. The first-order valence-corrected chi connectivity index (χ1v) is 8.63. The molecule has 0 atom stereocenters. The lowest BCUT2D eigenvalue weighted by Crippen LogP contribution is -2.23. The number of aryl methyl sites for hydroxylation is 2. The van der Waals surface area contributed by atoms with Crippen LogP contribution in [0.1, 0.15) is 40.2 Å². The molecule has 1 N–H and O–H groups in total. The summed E-state index contributed by atoms with van der Waals surface area (Å²) >= 11 is 0. The van der Waals surface area contributed by atoms with Gasteiger partial charge >= 0.3 is 0 Å². The number of nitrogens with zero attached hydrogens (tertiary/aromatic N) is 3. The first-order chi connectivity index (χ1) is 13.0. The summed E-state index contributed by atoms with van der Waals surface area (Å²) in [6.45, 7) is 4.08. The lowest BCUT2D eigenvalue weighted by atomic mass is 10.0. The summed E-state index contributed by atoms with van der Waals surface area (Å²) in [6.07, 6.45) is 3.54. The third-order valence-corrected chi connectivity index (χ3v) is 4.25. The van der Waals surface area contributed by atoms with Gasteiger partial charge in [0.1, 0.15) is 0 Å². The van der Waals surface area contributed by atoms with E-state index in [2.05, 4.69) is 20.4 Å². The van der Waals surface area contributed by atoms with E-state index < -0.39 is 0 Å². The van der Waals surface area contributed by atoms with Crippen molar-refractivity contribution in [2.45, 2.75) is 33.2 Å². The normalized spacial score (nSPS) is 10.6. The van der Waals surface area contributed by atoms with Gasteiger partial charge in [-0.05, 0) is 43.2 Å². The average Bonchev–Trinajstić information content (AvgIpc) is 3.16. The quantitative estimate of drug-likeness (QED) is 0.647. The molecule has 0 bridgehead atoms. The minimum absolute atomic E-state index is 0.0500. The number of hydrogen-bond acceptors (Lipinski definition) is 6. The highest BCUT2D eigenvalue weighted by Gasteiger charge is 2.12. The van der Waals surface area contributed by atoms with Gasteiger partial charge in [-0.3, -0.25) is 14.6 Å². The molecule has 0 radical (unpaired) electrons. The summed E-state index contributed by atoms with van der Waals surface area (Å²) in [4.78, 5) is 32.4. The Morgan fingerprint density at radius 2 is 1.81 bits per heavy atom. The van der Waals surface area contributed by atoms with Crippen molar-refractivity contribution >= 4 is 11.7 Å². The predicted molar refractivity (Wildman–Crippen MR) is 98.9 cm³/mol. The van der Waals surface area contributed by atoms with E-state index in [1.54, 1.807) is 30.6 Å². The van der Waals surface area contributed by atoms with Crippen LogP contribution < -0.4 is 5.32 Å². The van der Waals surface area contributed by atoms with Gasteiger partial charge in [-0.1, -0.05) is 17.3 Å². The van der Waals surface area contributed by atoms with E-state index in [-0.39, 0.29) is 31.1 Å². The van der Waals surface area contributed by atoms with Crippen molar-refractivity contribution < 1.29 is 14.1 Å². The molecule has 3 rings (SSSR count). The zero-order chi connectivity index (χ0) is 19.2. The number of Topliss-reactive ketones (excluding diaryl/α,β-unsaturated/α-hetero) is 1. The Kier molecular flexibility index (Phi) is 5.71. The number of carbonyl (C=O) groups is 2. The van der Waals surface area contributed by atoms with Crippen molar-refractivity contribution in [1.82, 2.24) is 20.4 Å². The number of benzene rings is 1. The van der Waals surface area contributed by atoms with Gasteiger partial charge in [0, 0.05) is 36.4 Å². The molecule has 7 nitrogen and oxygen atoms in total. The fourth-order valence-corrected chi connectivity index (χ4v) is 2.49. The van der Waals surface area contributed by atoms with Gasteiger partial charge in [-0.15, -0.1) is 0 Å². The molecule has 3 aromatic rings. The molecule has 0 unspecified atom stereocenters. The van der Waals surface area contributed by atoms with Gasteiger partial charge in [0.05, 0.1) is 6.54 Å². The first kappa shape index (κ1) is 18.4. The van der Waals surface area contributed by atoms with Crippen LogP contribution >= 0.6 is 0 Å². The van der Waals surface area contributed by atoms with Gasteiger partial charge in [-0.2, -0.15) is 4.98 Å². The maximum absolute atomic E-state index is 12.2. The van der Waals surface area contributed by atoms with Crippen LogP contribution in [0.5, 0.6) is 0 Å². The van der Waals surface area contributed by atoms with Gasteiger partial charge in [0.25, 0.3) is 0 Å². The number of amides is 1. The van der Waals surface area contributed by atoms with Crippen LogP contribution in [0.15, 0.2) is 47.2 Å². The second-order valence-electron chi connectivity index (χ2n) is 6.25. The number of ketones is 1. The van der Waals surface area contributed by atoms with E-state index in [1.807, 2.05) is 26.0 Å². The summed E-state index contributed by atoms with van der Waals surface area (Å²) in [5, 5.41) is 6.57. The van der Waals surface area contributed by atoms with Crippen molar-refractivity contribution in [2.75, 3.05) is 0 Å². The summed E-state index contributed by atoms with van der Waals surface area (Å²) in [5.41, 5.74) is 3.61. The fraction of sp³-hybridized carbons (Fsp3) is 0.250. The highest BCUT2D eigenvalue weighted by atomic mass is 16.5. The predicted octanol–water partition coefficient (Wildman–Crippen LogP) is 3.03. The Balaban J connectivity index is 1.48. The Labute approximate surface area is 156 Å². The van der Waals surface area contributed by atoms with Crippen LogP contribution in [0.2, 0.25) is 0 Å². The first-order valence-electron chi connectivity index (χ1n) is 8.63. The molecule has 7 heteroatoms. The number of aromatic nitrogens is 3. The molecule has 27 heavy (non-hydrogen) atoms. The topological polar surface area (TPSA) is 98.0 Å². The monoisotopic (exact) mass is 364 g/mol. The molecule has 138 valence electrons. The molecule has 0 spiro atoms. The van der Waals surface area contributed by atoms with Crippen LogP contribution in [0.3, 0.4) is 0 Å². The van der Waals surface area contributed by atoms with E-state index in [0.29, 0.717) is 17.3 Å². The number of pyridine rings is 1. The van der Waals surface area contributed by atoms with E-state index in [0.717, 1.165) is 16.7 Å². The lowest BCUT2D eigenvalue weighted by Gasteiger charge is -2.05. The highest BCUT2D eigenvalue weighted by molar-refractivity contribution is 5.98. The molecule has 0 aliphatic heterocycles. The SMILES string of the molecule is Cc1ccc(C(=O)CCC(=O)NCc2nc(-c3ccncc3)no2)cc1C. The Hall–Kier alpha value is -3.35. The Morgan fingerprint density at radius 3 is 2.56 bits per heavy atom. The fourth-order valence-electron chi connectivity index (χ4n) is 2.49. The van der Waals surface area contributed by atoms with Crippen molar-refractivity contribution in [3.63, 3.8) is 0 Å². The molecular weight excluding hydrogens is 344 g/mol. The lowest BCUT2D eigenvalue weighted by molar-refractivity contribution is -0.121. The van der Waals surface area contributed by atoms with Crippen molar-refractivity contribution in [1.29, 1.82) is 0 Å². The molecule has 1 amide bonds. The van der Waals surface area contributed by atoms with Crippen molar-refractivity contribution in [3.8, 4) is 11.4 Å². The molecule has 2 heterocycles. The second-order valence-corrected chi connectivity index (χ2v) is 6.25. The van der Waals surface area contributed by atoms with Crippen LogP contribution in [-0.2, 0) is 11.3 Å². The van der Waals surface area contributed by atoms with E-state index in [1.165, 1.54) is 0 Å². The summed E-state index contributed by atoms with van der Waals surface area (Å²) in [7, 11) is 0. The average molecular weight is 364 g/mol. The van der Waals surface area contributed by atoms with E-state index in [9.17, 15) is 9.59 Å². The van der Waals surface area contributed by atoms with Crippen LogP contribution in [0, 0.1) is 13.8 Å². The zero-order valence-corrected chi connectivity index (χ0v) is 15.2. The third kappa shape index (κ3) is 4.84. The van der Waals surface area contributed by atoms with E-state index >= 15 is 0 Å². The minimum atomic E-state index is -0.240. The van der Waals surface area contributed by atoms with Gasteiger partial charge in [0.2, 0.25) is 17.6 Å². The van der Waals surface area contributed by atoms with Crippen LogP contribution in [0.4, 0.5) is 0 Å². The Morgan fingerprint density at radius 1 is 1.04 bits per heavy atom. The third-order valence-electron chi connectivity index (χ3n) is 4.25. The molecule has 0 saturated heterocycles. The molecule has 2 aromatic heterocycles. The maximum Gasteiger partial charge on any atom is 0.246 e. The smallest absolute Gasteiger partial charge is 0.246 e. The summed E-state index contributed by atoms with van der Waals surface area (Å²) < 4.78 is 5.13. The Bertz CT molecular complexity index is 951. The van der Waals surface area contributed by atoms with Crippen molar-refractivity contribution in [3.05, 3.63) is 65.3 Å². The zero-order valence-electron chi connectivity index (χ0n) is 15.2. The summed E-state index contributed by atoms with van der Waals surface area (Å²) in [6, 6.07) is 9.10. The number of nitrogens with one attached hydrogen (secondary N) is 1. The standard InChI is InChI=1S/C20H20N4O3/c1-13-3-4-16(11-14(13)2)17(25)5-6-18(26)22-12-19-23-20(24-27-19)15-7-9-21-10-8-15/h3-4,7-11H,5-6,12H2,1-2H3,(H,22,26).